The molecule has 40 heavy (non-hydrogen) atoms. The van der Waals surface area contributed by atoms with Crippen molar-refractivity contribution in [1.82, 2.24) is 20.1 Å². The van der Waals surface area contributed by atoms with Crippen LogP contribution in [0.5, 0.6) is 17.2 Å². The predicted molar refractivity (Wildman–Crippen MR) is 157 cm³/mol. The molecular formula is C31H36N6O3. The maximum atomic E-state index is 12.9. The summed E-state index contributed by atoms with van der Waals surface area (Å²) < 4.78 is 13.5. The normalized spacial score (nSPS) is 13.7. The molecule has 1 fully saturated rings. The molecule has 4 aromatic rings. The molecule has 1 aliphatic heterocycles. The minimum absolute atomic E-state index is 0.204. The number of amides is 2. The van der Waals surface area contributed by atoms with Gasteiger partial charge in [0.15, 0.2) is 0 Å². The first-order chi connectivity index (χ1) is 19.5. The maximum absolute atomic E-state index is 12.9. The van der Waals surface area contributed by atoms with E-state index in [1.165, 1.54) is 12.8 Å². The number of pyridine rings is 1. The molecule has 9 nitrogen and oxygen atoms in total. The summed E-state index contributed by atoms with van der Waals surface area (Å²) in [5, 5.41) is 14.0. The van der Waals surface area contributed by atoms with E-state index in [0.717, 1.165) is 42.6 Å². The highest BCUT2D eigenvalue weighted by molar-refractivity contribution is 5.99. The standard InChI is InChI=1S/C31H36N6O3/c1-22(2)29-20-30(35-31(38)34-24-5-9-27(10-6-24)40-28-4-3-16-33-21-28)37(36-29)25-7-11-26(12-8-25)39-19-15-23-13-17-32-18-14-23/h3-12,16,20-23,32H,13-15,17-19H2,1-2H3,(H2,34,35,38). The monoisotopic (exact) mass is 540 g/mol. The third-order valence-electron chi connectivity index (χ3n) is 6.88. The van der Waals surface area contributed by atoms with Crippen molar-refractivity contribution >= 4 is 17.5 Å². The largest absolute Gasteiger partial charge is 0.494 e. The van der Waals surface area contributed by atoms with Gasteiger partial charge in [-0.3, -0.25) is 10.3 Å². The molecule has 3 N–H and O–H groups in total. The molecule has 5 rings (SSSR count). The van der Waals surface area contributed by atoms with Crippen LogP contribution in [-0.2, 0) is 0 Å². The Kier molecular flexibility index (Phi) is 8.93. The van der Waals surface area contributed by atoms with Gasteiger partial charge < -0.3 is 20.1 Å². The number of carbonyl (C=O) groups is 1. The highest BCUT2D eigenvalue weighted by Crippen LogP contribution is 2.25. The minimum atomic E-state index is -0.366. The van der Waals surface area contributed by atoms with Crippen LogP contribution in [0.25, 0.3) is 5.69 Å². The van der Waals surface area contributed by atoms with Crippen LogP contribution in [0.3, 0.4) is 0 Å². The Bertz CT molecular complexity index is 1360. The van der Waals surface area contributed by atoms with Gasteiger partial charge in [0.2, 0.25) is 0 Å². The van der Waals surface area contributed by atoms with Gasteiger partial charge in [-0.2, -0.15) is 5.10 Å². The average molecular weight is 541 g/mol. The summed E-state index contributed by atoms with van der Waals surface area (Å²) in [7, 11) is 0. The number of hydrogen-bond acceptors (Lipinski definition) is 6. The molecule has 9 heteroatoms. The first kappa shape index (κ1) is 27.2. The summed E-state index contributed by atoms with van der Waals surface area (Å²) in [5.74, 6) is 3.64. The third-order valence-corrected chi connectivity index (χ3v) is 6.88. The van der Waals surface area contributed by atoms with Gasteiger partial charge in [0.1, 0.15) is 23.1 Å². The van der Waals surface area contributed by atoms with Crippen molar-refractivity contribution in [1.29, 1.82) is 0 Å². The number of anilines is 2. The third kappa shape index (κ3) is 7.39. The number of rotatable bonds is 10. The van der Waals surface area contributed by atoms with Crippen molar-refractivity contribution in [3.63, 3.8) is 0 Å². The first-order valence-electron chi connectivity index (χ1n) is 13.8. The van der Waals surface area contributed by atoms with E-state index < -0.39 is 0 Å². The Morgan fingerprint density at radius 3 is 2.45 bits per heavy atom. The number of aromatic nitrogens is 3. The number of nitrogens with zero attached hydrogens (tertiary/aromatic N) is 3. The van der Waals surface area contributed by atoms with Crippen LogP contribution in [0.2, 0.25) is 0 Å². The van der Waals surface area contributed by atoms with Gasteiger partial charge in [-0.05, 0) is 105 Å². The molecule has 0 bridgehead atoms. The number of urea groups is 1. The SMILES string of the molecule is CC(C)c1cc(NC(=O)Nc2ccc(Oc3cccnc3)cc2)n(-c2ccc(OCCC3CCNCC3)cc2)n1. The summed E-state index contributed by atoms with van der Waals surface area (Å²) in [6.07, 6.45) is 6.84. The van der Waals surface area contributed by atoms with Crippen molar-refractivity contribution < 1.29 is 14.3 Å². The molecule has 2 amide bonds. The zero-order valence-electron chi connectivity index (χ0n) is 23.0. The van der Waals surface area contributed by atoms with Crippen LogP contribution in [0.1, 0.15) is 44.7 Å². The van der Waals surface area contributed by atoms with Crippen LogP contribution >= 0.6 is 0 Å². The summed E-state index contributed by atoms with van der Waals surface area (Å²) in [6.45, 7) is 7.07. The van der Waals surface area contributed by atoms with Crippen LogP contribution in [0.4, 0.5) is 16.3 Å². The molecule has 0 aliphatic carbocycles. The molecule has 0 unspecified atom stereocenters. The summed E-state index contributed by atoms with van der Waals surface area (Å²) in [6, 6.07) is 20.1. The van der Waals surface area contributed by atoms with Gasteiger partial charge in [-0.25, -0.2) is 9.48 Å². The van der Waals surface area contributed by atoms with Crippen LogP contribution in [-0.4, -0.2) is 40.5 Å². The molecule has 2 aromatic carbocycles. The lowest BCUT2D eigenvalue weighted by atomic mass is 9.95. The number of ether oxygens (including phenoxy) is 2. The lowest BCUT2D eigenvalue weighted by Crippen LogP contribution is -2.28. The topological polar surface area (TPSA) is 102 Å². The summed E-state index contributed by atoms with van der Waals surface area (Å²) in [4.78, 5) is 16.9. The predicted octanol–water partition coefficient (Wildman–Crippen LogP) is 6.60. The fourth-order valence-corrected chi connectivity index (χ4v) is 4.59. The molecule has 0 saturated carbocycles. The van der Waals surface area contributed by atoms with E-state index in [1.807, 2.05) is 42.5 Å². The molecule has 208 valence electrons. The van der Waals surface area contributed by atoms with E-state index in [2.05, 4.69) is 34.8 Å². The quantitative estimate of drug-likeness (QED) is 0.210. The highest BCUT2D eigenvalue weighted by Gasteiger charge is 2.16. The Morgan fingerprint density at radius 2 is 1.75 bits per heavy atom. The van der Waals surface area contributed by atoms with Gasteiger partial charge in [0.05, 0.1) is 24.2 Å². The molecular weight excluding hydrogens is 504 g/mol. The fraction of sp³-hybridized carbons (Fsp3) is 0.323. The molecule has 0 radical (unpaired) electrons. The Hall–Kier alpha value is -4.37. The number of benzene rings is 2. The second-order valence-electron chi connectivity index (χ2n) is 10.2. The summed E-state index contributed by atoms with van der Waals surface area (Å²) in [5.41, 5.74) is 2.36. The molecule has 0 atom stereocenters. The zero-order chi connectivity index (χ0) is 27.7. The second-order valence-corrected chi connectivity index (χ2v) is 10.2. The molecule has 3 heterocycles. The Labute approximate surface area is 234 Å². The van der Waals surface area contributed by atoms with Gasteiger partial charge in [0, 0.05) is 18.0 Å². The van der Waals surface area contributed by atoms with E-state index >= 15 is 0 Å². The van der Waals surface area contributed by atoms with Gasteiger partial charge in [-0.15, -0.1) is 0 Å². The Morgan fingerprint density at radius 1 is 1.00 bits per heavy atom. The van der Waals surface area contributed by atoms with Crippen molar-refractivity contribution in [2.75, 3.05) is 30.3 Å². The first-order valence-corrected chi connectivity index (χ1v) is 13.8. The molecule has 1 saturated heterocycles. The Balaban J connectivity index is 1.20. The van der Waals surface area contributed by atoms with Crippen molar-refractivity contribution in [3.8, 4) is 22.9 Å². The fourth-order valence-electron chi connectivity index (χ4n) is 4.59. The smallest absolute Gasteiger partial charge is 0.324 e. The van der Waals surface area contributed by atoms with E-state index in [4.69, 9.17) is 14.6 Å². The number of hydrogen-bond donors (Lipinski definition) is 3. The zero-order valence-corrected chi connectivity index (χ0v) is 23.0. The summed E-state index contributed by atoms with van der Waals surface area (Å²) >= 11 is 0. The second kappa shape index (κ2) is 13.1. The van der Waals surface area contributed by atoms with E-state index in [9.17, 15) is 4.79 Å². The molecule has 1 aliphatic rings. The molecule has 0 spiro atoms. The van der Waals surface area contributed by atoms with Crippen LogP contribution < -0.4 is 25.4 Å². The van der Waals surface area contributed by atoms with Crippen molar-refractivity contribution in [2.45, 2.75) is 39.0 Å². The number of piperidine rings is 1. The van der Waals surface area contributed by atoms with Gasteiger partial charge in [0.25, 0.3) is 0 Å². The van der Waals surface area contributed by atoms with Crippen LogP contribution in [0, 0.1) is 5.92 Å². The van der Waals surface area contributed by atoms with Crippen LogP contribution in [0.15, 0.2) is 79.1 Å². The lowest BCUT2D eigenvalue weighted by molar-refractivity contribution is 0.252. The molecule has 2 aromatic heterocycles. The van der Waals surface area contributed by atoms with E-state index in [1.54, 1.807) is 41.3 Å². The van der Waals surface area contributed by atoms with Crippen molar-refractivity contribution in [3.05, 3.63) is 84.8 Å². The average Bonchev–Trinajstić information content (AvgIpc) is 3.39. The highest BCUT2D eigenvalue weighted by atomic mass is 16.5. The van der Waals surface area contributed by atoms with E-state index in [0.29, 0.717) is 29.6 Å². The maximum Gasteiger partial charge on any atom is 0.324 e. The lowest BCUT2D eigenvalue weighted by Gasteiger charge is -2.22. The number of carbonyl (C=O) groups excluding carboxylic acids is 1. The minimum Gasteiger partial charge on any atom is -0.494 e. The van der Waals surface area contributed by atoms with E-state index in [-0.39, 0.29) is 11.9 Å². The number of nitrogens with one attached hydrogen (secondary N) is 3. The van der Waals surface area contributed by atoms with Gasteiger partial charge >= 0.3 is 6.03 Å². The van der Waals surface area contributed by atoms with Crippen molar-refractivity contribution in [2.24, 2.45) is 5.92 Å². The van der Waals surface area contributed by atoms with Gasteiger partial charge in [-0.1, -0.05) is 13.8 Å².